The predicted octanol–water partition coefficient (Wildman–Crippen LogP) is 5.20. The van der Waals surface area contributed by atoms with Crippen molar-refractivity contribution < 1.29 is 17.2 Å². The van der Waals surface area contributed by atoms with Gasteiger partial charge in [-0.15, -0.1) is 0 Å². The molecule has 8 heteroatoms. The van der Waals surface area contributed by atoms with Gasteiger partial charge >= 0.3 is 0 Å². The van der Waals surface area contributed by atoms with Crippen LogP contribution in [0.3, 0.4) is 0 Å². The molecule has 0 saturated heterocycles. The van der Waals surface area contributed by atoms with Gasteiger partial charge in [-0.05, 0) is 80.5 Å². The molecule has 0 bridgehead atoms. The van der Waals surface area contributed by atoms with Gasteiger partial charge in [0, 0.05) is 10.8 Å². The zero-order valence-corrected chi connectivity index (χ0v) is 19.0. The smallest absolute Gasteiger partial charge is 0.262 e. The van der Waals surface area contributed by atoms with E-state index >= 15 is 0 Å². The van der Waals surface area contributed by atoms with Crippen LogP contribution in [-0.4, -0.2) is 37.9 Å². The molecule has 4 rings (SSSR count). The number of pyridine rings is 1. The molecule has 2 aromatic heterocycles. The maximum absolute atomic E-state index is 13.9. The lowest BCUT2D eigenvalue weighted by Crippen LogP contribution is -2.24. The van der Waals surface area contributed by atoms with Crippen LogP contribution >= 0.6 is 0 Å². The number of hydrogen-bond donors (Lipinski definition) is 1. The van der Waals surface area contributed by atoms with E-state index in [0.717, 1.165) is 36.8 Å². The monoisotopic (exact) mass is 455 g/mol. The van der Waals surface area contributed by atoms with Crippen molar-refractivity contribution in [2.75, 3.05) is 24.4 Å². The van der Waals surface area contributed by atoms with E-state index < -0.39 is 15.8 Å². The van der Waals surface area contributed by atoms with Gasteiger partial charge in [-0.1, -0.05) is 13.8 Å². The molecule has 2 heterocycles. The number of anilines is 1. The number of aryl methyl sites for hydroxylation is 1. The molecule has 0 aliphatic carbocycles. The number of aromatic nitrogens is 1. The molecule has 0 atom stereocenters. The highest BCUT2D eigenvalue weighted by molar-refractivity contribution is 7.92. The Hall–Kier alpha value is -2.97. The first-order valence-corrected chi connectivity index (χ1v) is 12.2. The van der Waals surface area contributed by atoms with Gasteiger partial charge in [0.2, 0.25) is 0 Å². The van der Waals surface area contributed by atoms with Crippen LogP contribution in [0, 0.1) is 5.82 Å². The first-order chi connectivity index (χ1) is 15.4. The van der Waals surface area contributed by atoms with Crippen molar-refractivity contribution in [1.82, 2.24) is 9.88 Å². The summed E-state index contributed by atoms with van der Waals surface area (Å²) < 4.78 is 48.3. The zero-order valence-electron chi connectivity index (χ0n) is 18.1. The zero-order chi connectivity index (χ0) is 22.7. The van der Waals surface area contributed by atoms with Crippen molar-refractivity contribution in [2.24, 2.45) is 0 Å². The molecule has 0 spiro atoms. The molecule has 0 amide bonds. The van der Waals surface area contributed by atoms with Gasteiger partial charge in [-0.2, -0.15) is 0 Å². The van der Waals surface area contributed by atoms with Gasteiger partial charge < -0.3 is 9.32 Å². The summed E-state index contributed by atoms with van der Waals surface area (Å²) in [5.41, 5.74) is 2.19. The summed E-state index contributed by atoms with van der Waals surface area (Å²) in [7, 11) is -3.90. The van der Waals surface area contributed by atoms with Gasteiger partial charge in [0.25, 0.3) is 10.0 Å². The molecule has 2 aromatic carbocycles. The molecule has 0 saturated carbocycles. The molecule has 4 aromatic rings. The molecule has 0 aliphatic heterocycles. The van der Waals surface area contributed by atoms with Gasteiger partial charge in [-0.25, -0.2) is 12.8 Å². The van der Waals surface area contributed by atoms with Gasteiger partial charge in [0.1, 0.15) is 5.82 Å². The molecule has 6 nitrogen and oxygen atoms in total. The van der Waals surface area contributed by atoms with Gasteiger partial charge in [0.15, 0.2) is 5.58 Å². The number of halogens is 1. The molecular weight excluding hydrogens is 429 g/mol. The fraction of sp³-hybridized carbons (Fsp3) is 0.292. The Morgan fingerprint density at radius 2 is 1.88 bits per heavy atom. The van der Waals surface area contributed by atoms with Crippen molar-refractivity contribution in [2.45, 2.75) is 31.6 Å². The predicted molar refractivity (Wildman–Crippen MR) is 125 cm³/mol. The topological polar surface area (TPSA) is 75.4 Å². The average molecular weight is 456 g/mol. The molecular formula is C24H26FN3O3S. The molecule has 0 unspecified atom stereocenters. The Kier molecular flexibility index (Phi) is 6.43. The Bertz CT molecular complexity index is 1350. The Morgan fingerprint density at radius 1 is 1.06 bits per heavy atom. The number of benzene rings is 2. The van der Waals surface area contributed by atoms with Crippen molar-refractivity contribution in [1.29, 1.82) is 0 Å². The number of furan rings is 1. The highest BCUT2D eigenvalue weighted by Gasteiger charge is 2.20. The van der Waals surface area contributed by atoms with Crippen LogP contribution in [0.1, 0.15) is 25.8 Å². The van der Waals surface area contributed by atoms with Crippen molar-refractivity contribution in [3.63, 3.8) is 0 Å². The Labute approximate surface area is 187 Å². The number of rotatable bonds is 9. The van der Waals surface area contributed by atoms with E-state index in [4.69, 9.17) is 4.42 Å². The molecule has 168 valence electrons. The summed E-state index contributed by atoms with van der Waals surface area (Å²) in [6.07, 6.45) is 4.43. The van der Waals surface area contributed by atoms with Crippen LogP contribution < -0.4 is 4.72 Å². The molecule has 0 aliphatic rings. The first-order valence-electron chi connectivity index (χ1n) is 10.7. The van der Waals surface area contributed by atoms with Crippen LogP contribution in [0.2, 0.25) is 0 Å². The summed E-state index contributed by atoms with van der Waals surface area (Å²) in [6.45, 7) is 6.85. The lowest BCUT2D eigenvalue weighted by Gasteiger charge is -2.18. The first kappa shape index (κ1) is 22.2. The number of fused-ring (bicyclic) bond motifs is 3. The van der Waals surface area contributed by atoms with Gasteiger partial charge in [-0.3, -0.25) is 9.71 Å². The van der Waals surface area contributed by atoms with E-state index in [0.29, 0.717) is 28.8 Å². The van der Waals surface area contributed by atoms with E-state index in [9.17, 15) is 12.8 Å². The van der Waals surface area contributed by atoms with Gasteiger partial charge in [0.05, 0.1) is 28.6 Å². The summed E-state index contributed by atoms with van der Waals surface area (Å²) in [5, 5.41) is 1.79. The second-order valence-electron chi connectivity index (χ2n) is 7.68. The largest absolute Gasteiger partial charge is 0.463 e. The lowest BCUT2D eigenvalue weighted by molar-refractivity contribution is 0.299. The third-order valence-electron chi connectivity index (χ3n) is 5.68. The minimum absolute atomic E-state index is 0.0942. The summed E-state index contributed by atoms with van der Waals surface area (Å²) in [5.74, 6) is -0.444. The van der Waals surface area contributed by atoms with Crippen LogP contribution in [-0.2, 0) is 16.4 Å². The van der Waals surface area contributed by atoms with Crippen LogP contribution in [0.15, 0.2) is 64.2 Å². The summed E-state index contributed by atoms with van der Waals surface area (Å²) >= 11 is 0. The average Bonchev–Trinajstić information content (AvgIpc) is 3.25. The van der Waals surface area contributed by atoms with E-state index in [-0.39, 0.29) is 4.90 Å². The number of nitrogens with one attached hydrogen (secondary N) is 1. The number of nitrogens with zero attached hydrogens (tertiary/aromatic N) is 2. The second kappa shape index (κ2) is 9.26. The van der Waals surface area contributed by atoms with Crippen LogP contribution in [0.5, 0.6) is 0 Å². The summed E-state index contributed by atoms with van der Waals surface area (Å²) in [4.78, 5) is 6.71. The van der Waals surface area contributed by atoms with Crippen LogP contribution in [0.4, 0.5) is 10.1 Å². The molecule has 1 N–H and O–H groups in total. The molecule has 0 fully saturated rings. The summed E-state index contributed by atoms with van der Waals surface area (Å²) in [6, 6.07) is 10.9. The minimum atomic E-state index is -3.90. The third-order valence-corrected chi connectivity index (χ3v) is 7.16. The normalized spacial score (nSPS) is 12.1. The van der Waals surface area contributed by atoms with Crippen molar-refractivity contribution in [3.05, 3.63) is 66.3 Å². The fourth-order valence-corrected chi connectivity index (χ4v) is 5.25. The number of hydrogen-bond acceptors (Lipinski definition) is 5. The minimum Gasteiger partial charge on any atom is -0.463 e. The van der Waals surface area contributed by atoms with E-state index in [2.05, 4.69) is 28.5 Å². The van der Waals surface area contributed by atoms with Crippen molar-refractivity contribution >= 4 is 37.6 Å². The van der Waals surface area contributed by atoms with E-state index in [1.165, 1.54) is 18.2 Å². The lowest BCUT2D eigenvalue weighted by atomic mass is 10.1. The standard InChI is InChI=1S/C24H26FN3O3S/c1-3-28(4-2)12-5-6-17-14-18(25)7-10-24(17)32(29,30)27-19-8-9-20-21-11-13-31-23(21)16-26-22(20)15-19/h7-11,13-16,27H,3-6,12H2,1-2H3. The maximum atomic E-state index is 13.9. The highest BCUT2D eigenvalue weighted by Crippen LogP contribution is 2.28. The molecule has 0 radical (unpaired) electrons. The molecule has 32 heavy (non-hydrogen) atoms. The Balaban J connectivity index is 1.59. The van der Waals surface area contributed by atoms with Crippen molar-refractivity contribution in [3.8, 4) is 0 Å². The Morgan fingerprint density at radius 3 is 2.66 bits per heavy atom. The SMILES string of the molecule is CCN(CC)CCCc1cc(F)ccc1S(=O)(=O)Nc1ccc2c(c1)ncc1occc12. The van der Waals surface area contributed by atoms with E-state index in [1.54, 1.807) is 24.6 Å². The third kappa shape index (κ3) is 4.61. The quantitative estimate of drug-likeness (QED) is 0.376. The van der Waals surface area contributed by atoms with Crippen LogP contribution in [0.25, 0.3) is 21.9 Å². The highest BCUT2D eigenvalue weighted by atomic mass is 32.2. The maximum Gasteiger partial charge on any atom is 0.262 e. The second-order valence-corrected chi connectivity index (χ2v) is 9.33. The van der Waals surface area contributed by atoms with E-state index in [1.807, 2.05) is 12.1 Å². The fourth-order valence-electron chi connectivity index (χ4n) is 3.95. The number of sulfonamides is 1.